The summed E-state index contributed by atoms with van der Waals surface area (Å²) in [5.74, 6) is 0. The summed E-state index contributed by atoms with van der Waals surface area (Å²) < 4.78 is 0. The predicted octanol–water partition coefficient (Wildman–Crippen LogP) is 18.4. The number of nitrogens with zero attached hydrogens (tertiary/aromatic N) is 4. The average molecular weight is 1030 g/mol. The van der Waals surface area contributed by atoms with Crippen LogP contribution < -0.4 is 9.97 Å². The zero-order valence-electron chi connectivity index (χ0n) is 45.0. The largest absolute Gasteiger partial charge is 2.00 e. The first kappa shape index (κ1) is 53.8. The predicted molar refractivity (Wildman–Crippen MR) is 319 cm³/mol. The normalized spacial score (nSPS) is 12.0. The Bertz CT molecular complexity index is 3280. The maximum atomic E-state index is 5.63. The van der Waals surface area contributed by atoms with Crippen LogP contribution in [0.15, 0.2) is 173 Å². The number of hydrogen-bond donors (Lipinski definition) is 0. The fourth-order valence-corrected chi connectivity index (χ4v) is 12.2. The molecule has 5 heterocycles. The molecule has 4 aromatic carbocycles. The Morgan fingerprint density at radius 3 is 0.880 bits per heavy atom. The first-order valence-corrected chi connectivity index (χ1v) is 25.9. The molecular weight excluding hydrogens is 962 g/mol. The minimum Gasteiger partial charge on any atom is -0.657 e. The van der Waals surface area contributed by atoms with Crippen molar-refractivity contribution in [2.24, 2.45) is 0 Å². The van der Waals surface area contributed by atoms with Crippen LogP contribution in [0.1, 0.15) is 106 Å². The van der Waals surface area contributed by atoms with Gasteiger partial charge in [0.05, 0.1) is 22.8 Å². The van der Waals surface area contributed by atoms with Crippen molar-refractivity contribution in [2.45, 2.75) is 90.9 Å². The van der Waals surface area contributed by atoms with E-state index in [0.717, 1.165) is 128 Å². The van der Waals surface area contributed by atoms with Crippen molar-refractivity contribution in [2.75, 3.05) is 0 Å². The van der Waals surface area contributed by atoms with Gasteiger partial charge in [0.25, 0.3) is 0 Å². The summed E-state index contributed by atoms with van der Waals surface area (Å²) in [7, 11) is 0. The fraction of sp³-hybridized carbons (Fsp3) is 0.200. The monoisotopic (exact) mass is 1030 g/mol. The van der Waals surface area contributed by atoms with Crippen molar-refractivity contribution in [3.05, 3.63) is 240 Å². The number of aromatic nitrogens is 4. The van der Waals surface area contributed by atoms with Crippen LogP contribution in [0.25, 0.3) is 90.9 Å². The number of fused-ring (bicyclic) bond motifs is 8. The number of allylic oxidation sites excluding steroid dienone is 6. The quantitative estimate of drug-likeness (QED) is 0.0635. The summed E-state index contributed by atoms with van der Waals surface area (Å²) in [4.78, 5) is 22.5. The smallest absolute Gasteiger partial charge is 0.657 e. The third-order valence-electron chi connectivity index (χ3n) is 15.2. The van der Waals surface area contributed by atoms with Gasteiger partial charge in [-0.2, -0.15) is 0 Å². The maximum absolute atomic E-state index is 5.63. The third kappa shape index (κ3) is 10.2. The van der Waals surface area contributed by atoms with Crippen molar-refractivity contribution < 1.29 is 19.5 Å². The van der Waals surface area contributed by atoms with Gasteiger partial charge in [0.1, 0.15) is 0 Å². The molecule has 0 fully saturated rings. The SMILES string of the molecule is C=CCC(CC=C)(CC=C)c1ccc(-c2c3nc(c(-c4c(C)cc(C)cc4C)c4ccc([n-]4)c(-c4ccc(C(CC=C)(CC=C)CC=C)cc4)c4nc(c(-c5c(C)cc(C)cc5C)c5ccc2[n-]5)C=C4)C=C3)cc1.[Zn+2]. The Morgan fingerprint density at radius 1 is 0.360 bits per heavy atom. The van der Waals surface area contributed by atoms with Crippen LogP contribution in [0.3, 0.4) is 0 Å². The van der Waals surface area contributed by atoms with Gasteiger partial charge in [-0.15, -0.1) is 61.5 Å². The third-order valence-corrected chi connectivity index (χ3v) is 15.2. The first-order chi connectivity index (χ1) is 35.8. The van der Waals surface area contributed by atoms with E-state index in [1.165, 1.54) is 44.5 Å². The van der Waals surface area contributed by atoms with Crippen LogP contribution in [0.4, 0.5) is 0 Å². The Balaban J connectivity index is 0.00000747. The Morgan fingerprint density at radius 2 is 0.613 bits per heavy atom. The fourth-order valence-electron chi connectivity index (χ4n) is 12.2. The van der Waals surface area contributed by atoms with Crippen molar-refractivity contribution >= 4 is 46.4 Å². The van der Waals surface area contributed by atoms with Crippen molar-refractivity contribution in [1.82, 2.24) is 19.9 Å². The molecule has 0 saturated carbocycles. The Hall–Kier alpha value is -7.46. The molecule has 4 nitrogen and oxygen atoms in total. The van der Waals surface area contributed by atoms with Crippen LogP contribution in [-0.2, 0) is 30.3 Å². The molecule has 0 atom stereocenters. The molecule has 3 aromatic heterocycles. The molecular formula is C70H68N4Zn. The second kappa shape index (κ2) is 22.6. The van der Waals surface area contributed by atoms with Crippen molar-refractivity contribution in [1.29, 1.82) is 0 Å². The van der Waals surface area contributed by atoms with E-state index in [0.29, 0.717) is 0 Å². The molecule has 0 aliphatic carbocycles. The molecule has 2 aliphatic heterocycles. The Labute approximate surface area is 458 Å². The van der Waals surface area contributed by atoms with Gasteiger partial charge in [0.2, 0.25) is 0 Å². The van der Waals surface area contributed by atoms with Crippen LogP contribution >= 0.6 is 0 Å². The van der Waals surface area contributed by atoms with Crippen LogP contribution in [0.5, 0.6) is 0 Å². The van der Waals surface area contributed by atoms with E-state index in [9.17, 15) is 0 Å². The number of rotatable bonds is 18. The summed E-state index contributed by atoms with van der Waals surface area (Å²) in [6.07, 6.45) is 25.5. The molecule has 0 N–H and O–H groups in total. The molecule has 370 valence electrons. The molecule has 0 saturated heterocycles. The van der Waals surface area contributed by atoms with Crippen LogP contribution in [0.2, 0.25) is 0 Å². The van der Waals surface area contributed by atoms with E-state index >= 15 is 0 Å². The van der Waals surface area contributed by atoms with Gasteiger partial charge in [0.15, 0.2) is 0 Å². The van der Waals surface area contributed by atoms with Crippen molar-refractivity contribution in [3.8, 4) is 44.5 Å². The van der Waals surface area contributed by atoms with E-state index in [1.807, 2.05) is 36.5 Å². The molecule has 8 bridgehead atoms. The van der Waals surface area contributed by atoms with Crippen molar-refractivity contribution in [3.63, 3.8) is 0 Å². The summed E-state index contributed by atoms with van der Waals surface area (Å²) in [6, 6.07) is 35.6. The Kier molecular flexibility index (Phi) is 16.2. The zero-order valence-corrected chi connectivity index (χ0v) is 48.0. The van der Waals surface area contributed by atoms with E-state index in [-0.39, 0.29) is 30.3 Å². The first-order valence-electron chi connectivity index (χ1n) is 25.9. The molecule has 2 aliphatic rings. The van der Waals surface area contributed by atoms with E-state index in [1.54, 1.807) is 0 Å². The summed E-state index contributed by atoms with van der Waals surface area (Å²) >= 11 is 0. The molecule has 7 aromatic rings. The van der Waals surface area contributed by atoms with Gasteiger partial charge < -0.3 is 9.97 Å². The number of hydrogen-bond acceptors (Lipinski definition) is 2. The van der Waals surface area contributed by atoms with Crippen LogP contribution in [0, 0.1) is 41.5 Å². The van der Waals surface area contributed by atoms with Gasteiger partial charge in [0, 0.05) is 10.8 Å². The van der Waals surface area contributed by atoms with Gasteiger partial charge in [-0.1, -0.05) is 145 Å². The standard InChI is InChI=1S/C70H68N4.Zn/c1-13-35-69(36-14-2,37-15-3)53-23-19-51(20-24-53)65-55-27-31-59(71-55)67(63-47(9)41-45(7)42-48(63)10)61-33-29-57(73-61)66(52-21-25-54(26-22-52)70(38-16-4,39-17-5)40-18-6)58-30-34-62(74-58)68(60-32-28-56(65)72-60)64-49(11)43-46(8)44-50(64)12;/h13-34,41-44H,1-6,35-40H2,7-12H3;/q-2;+2. The maximum Gasteiger partial charge on any atom is 2.00 e. The minimum atomic E-state index is -0.195. The molecule has 0 amide bonds. The molecule has 5 heteroatoms. The van der Waals surface area contributed by atoms with E-state index < -0.39 is 0 Å². The summed E-state index contributed by atoms with van der Waals surface area (Å²) in [6.45, 7) is 38.0. The second-order valence-corrected chi connectivity index (χ2v) is 20.6. The van der Waals surface area contributed by atoms with E-state index in [4.69, 9.17) is 19.9 Å². The molecule has 75 heavy (non-hydrogen) atoms. The topological polar surface area (TPSA) is 54.0 Å². The molecule has 0 unspecified atom stereocenters. The van der Waals surface area contributed by atoms with E-state index in [2.05, 4.69) is 202 Å². The average Bonchev–Trinajstić information content (AvgIpc) is 4.22. The molecule has 9 rings (SSSR count). The van der Waals surface area contributed by atoms with Gasteiger partial charge in [-0.05, 0) is 182 Å². The summed E-state index contributed by atoms with van der Waals surface area (Å²) in [5, 5.41) is 0. The summed E-state index contributed by atoms with van der Waals surface area (Å²) in [5.41, 5.74) is 24.0. The van der Waals surface area contributed by atoms with Gasteiger partial charge >= 0.3 is 19.5 Å². The van der Waals surface area contributed by atoms with Gasteiger partial charge in [-0.25, -0.2) is 9.97 Å². The molecule has 0 radical (unpaired) electrons. The number of aryl methyl sites for hydroxylation is 6. The minimum absolute atomic E-state index is 0. The second-order valence-electron chi connectivity index (χ2n) is 20.6. The number of benzene rings is 4. The van der Waals surface area contributed by atoms with Crippen LogP contribution in [-0.4, -0.2) is 9.97 Å². The van der Waals surface area contributed by atoms with Gasteiger partial charge in [-0.3, -0.25) is 0 Å². The zero-order chi connectivity index (χ0) is 52.3. The molecule has 0 spiro atoms.